The van der Waals surface area contributed by atoms with Gasteiger partial charge in [0.05, 0.1) is 32.7 Å². The van der Waals surface area contributed by atoms with Crippen molar-refractivity contribution in [1.29, 1.82) is 0 Å². The van der Waals surface area contributed by atoms with Crippen molar-refractivity contribution in [2.45, 2.75) is 39.2 Å². The van der Waals surface area contributed by atoms with Crippen LogP contribution in [0.2, 0.25) is 0 Å². The number of carbonyl (C=O) groups excluding carboxylic acids is 2. The van der Waals surface area contributed by atoms with Crippen molar-refractivity contribution in [2.75, 3.05) is 47.1 Å². The number of benzene rings is 1. The molecule has 2 aliphatic heterocycles. The van der Waals surface area contributed by atoms with Crippen LogP contribution in [0, 0.1) is 18.8 Å². The number of hydrogen-bond acceptors (Lipinski definition) is 6. The molecule has 1 aromatic carbocycles. The van der Waals surface area contributed by atoms with E-state index in [0.29, 0.717) is 6.67 Å². The summed E-state index contributed by atoms with van der Waals surface area (Å²) >= 11 is 0. The Morgan fingerprint density at radius 2 is 1.40 bits per heavy atom. The minimum atomic E-state index is -0.0550. The second-order valence-electron chi connectivity index (χ2n) is 8.77. The molecular weight excluding hydrogens is 382 g/mol. The maximum atomic E-state index is 12.7. The van der Waals surface area contributed by atoms with E-state index in [0.717, 1.165) is 69.9 Å². The molecule has 3 aliphatic rings. The first-order chi connectivity index (χ1) is 14.5. The van der Waals surface area contributed by atoms with Crippen molar-refractivity contribution >= 4 is 11.8 Å². The Morgan fingerprint density at radius 3 is 1.97 bits per heavy atom. The van der Waals surface area contributed by atoms with Crippen LogP contribution in [0.5, 0.6) is 11.5 Å². The summed E-state index contributed by atoms with van der Waals surface area (Å²) < 4.78 is 10.8. The molecule has 2 saturated heterocycles. The number of carbonyl (C=O) groups is 2. The molecule has 2 amide bonds. The Kier molecular flexibility index (Phi) is 6.29. The van der Waals surface area contributed by atoms with Gasteiger partial charge < -0.3 is 9.47 Å². The first-order valence-corrected chi connectivity index (χ1v) is 11.0. The zero-order valence-electron chi connectivity index (χ0n) is 18.4. The van der Waals surface area contributed by atoms with Gasteiger partial charge in [-0.15, -0.1) is 0 Å². The van der Waals surface area contributed by atoms with Crippen molar-refractivity contribution in [3.05, 3.63) is 23.3 Å². The zero-order valence-corrected chi connectivity index (χ0v) is 18.4. The van der Waals surface area contributed by atoms with E-state index in [9.17, 15) is 9.59 Å². The molecule has 0 unspecified atom stereocenters. The number of piperazine rings is 1. The predicted molar refractivity (Wildman–Crippen MR) is 113 cm³/mol. The number of imide groups is 1. The highest BCUT2D eigenvalue weighted by molar-refractivity contribution is 6.05. The van der Waals surface area contributed by atoms with E-state index in [1.807, 2.05) is 6.07 Å². The number of nitrogens with zero attached hydrogens (tertiary/aromatic N) is 3. The van der Waals surface area contributed by atoms with Gasteiger partial charge in [-0.2, -0.15) is 0 Å². The summed E-state index contributed by atoms with van der Waals surface area (Å²) in [5.41, 5.74) is 2.42. The van der Waals surface area contributed by atoms with E-state index in [1.165, 1.54) is 16.0 Å². The summed E-state index contributed by atoms with van der Waals surface area (Å²) in [4.78, 5) is 31.6. The molecule has 0 bridgehead atoms. The van der Waals surface area contributed by atoms with Gasteiger partial charge in [-0.1, -0.05) is 12.8 Å². The number of hydrogen-bond donors (Lipinski definition) is 0. The fourth-order valence-electron chi connectivity index (χ4n) is 5.09. The Labute approximate surface area is 178 Å². The summed E-state index contributed by atoms with van der Waals surface area (Å²) in [7, 11) is 3.31. The Hall–Kier alpha value is -2.12. The van der Waals surface area contributed by atoms with Crippen molar-refractivity contribution < 1.29 is 19.1 Å². The standard InChI is InChI=1S/C23H33N3O4/c1-16-12-20(29-2)21(30-3)13-17(16)14-24-8-10-25(11-9-24)15-26-22(27)18-6-4-5-7-19(18)23(26)28/h12-13,18-19H,4-11,14-15H2,1-3H3/t18-,19-/m1/s1. The van der Waals surface area contributed by atoms with Gasteiger partial charge in [0.15, 0.2) is 11.5 Å². The number of fused-ring (bicyclic) bond motifs is 1. The minimum Gasteiger partial charge on any atom is -0.493 e. The number of rotatable bonds is 6. The van der Waals surface area contributed by atoms with Crippen LogP contribution in [0.3, 0.4) is 0 Å². The third-order valence-corrected chi connectivity index (χ3v) is 6.97. The zero-order chi connectivity index (χ0) is 21.3. The van der Waals surface area contributed by atoms with Gasteiger partial charge in [-0.05, 0) is 43.0 Å². The van der Waals surface area contributed by atoms with Crippen molar-refractivity contribution in [2.24, 2.45) is 11.8 Å². The van der Waals surface area contributed by atoms with Crippen LogP contribution in [0.1, 0.15) is 36.8 Å². The Bertz CT molecular complexity index is 780. The summed E-state index contributed by atoms with van der Waals surface area (Å²) in [5, 5.41) is 0. The monoisotopic (exact) mass is 415 g/mol. The summed E-state index contributed by atoms with van der Waals surface area (Å²) in [5.74, 6) is 1.52. The topological polar surface area (TPSA) is 62.3 Å². The fraction of sp³-hybridized carbons (Fsp3) is 0.652. The Balaban J connectivity index is 1.32. The lowest BCUT2D eigenvalue weighted by Gasteiger charge is -2.36. The Morgan fingerprint density at radius 1 is 0.867 bits per heavy atom. The highest BCUT2D eigenvalue weighted by Crippen LogP contribution is 2.38. The van der Waals surface area contributed by atoms with Crippen LogP contribution in [-0.2, 0) is 16.1 Å². The average molecular weight is 416 g/mol. The van der Waals surface area contributed by atoms with E-state index in [4.69, 9.17) is 9.47 Å². The van der Waals surface area contributed by atoms with Crippen LogP contribution in [-0.4, -0.2) is 73.6 Å². The van der Waals surface area contributed by atoms with Crippen molar-refractivity contribution in [1.82, 2.24) is 14.7 Å². The molecule has 0 spiro atoms. The molecule has 0 N–H and O–H groups in total. The van der Waals surface area contributed by atoms with Crippen LogP contribution in [0.15, 0.2) is 12.1 Å². The molecule has 1 aromatic rings. The molecule has 2 atom stereocenters. The van der Waals surface area contributed by atoms with E-state index in [2.05, 4.69) is 22.8 Å². The fourth-order valence-corrected chi connectivity index (χ4v) is 5.09. The van der Waals surface area contributed by atoms with Gasteiger partial charge in [0.1, 0.15) is 0 Å². The molecule has 1 aliphatic carbocycles. The maximum Gasteiger partial charge on any atom is 0.234 e. The van der Waals surface area contributed by atoms with E-state index < -0.39 is 0 Å². The second kappa shape index (κ2) is 8.94. The average Bonchev–Trinajstić information content (AvgIpc) is 3.01. The molecule has 2 heterocycles. The SMILES string of the molecule is COc1cc(C)c(CN2CCN(CN3C(=O)[C@@H]4CCCC[C@H]4C3=O)CC2)cc1OC. The summed E-state index contributed by atoms with van der Waals surface area (Å²) in [6, 6.07) is 4.08. The first-order valence-electron chi connectivity index (χ1n) is 11.0. The predicted octanol–water partition coefficient (Wildman–Crippen LogP) is 2.26. The molecule has 4 rings (SSSR count). The van der Waals surface area contributed by atoms with Crippen LogP contribution in [0.4, 0.5) is 0 Å². The molecule has 30 heavy (non-hydrogen) atoms. The third kappa shape index (κ3) is 4.05. The van der Waals surface area contributed by atoms with Crippen LogP contribution >= 0.6 is 0 Å². The lowest BCUT2D eigenvalue weighted by Crippen LogP contribution is -2.51. The lowest BCUT2D eigenvalue weighted by molar-refractivity contribution is -0.142. The molecule has 164 valence electrons. The van der Waals surface area contributed by atoms with E-state index in [-0.39, 0.29) is 23.7 Å². The largest absolute Gasteiger partial charge is 0.493 e. The number of amides is 2. The lowest BCUT2D eigenvalue weighted by atomic mass is 9.81. The van der Waals surface area contributed by atoms with Gasteiger partial charge in [-0.3, -0.25) is 24.3 Å². The maximum absolute atomic E-state index is 12.7. The highest BCUT2D eigenvalue weighted by atomic mass is 16.5. The summed E-state index contributed by atoms with van der Waals surface area (Å²) in [6.45, 7) is 6.95. The van der Waals surface area contributed by atoms with Crippen LogP contribution < -0.4 is 9.47 Å². The van der Waals surface area contributed by atoms with E-state index in [1.54, 1.807) is 14.2 Å². The molecule has 0 aromatic heterocycles. The number of methoxy groups -OCH3 is 2. The minimum absolute atomic E-state index is 0.0550. The number of aryl methyl sites for hydroxylation is 1. The van der Waals surface area contributed by atoms with Gasteiger partial charge in [0.25, 0.3) is 0 Å². The smallest absolute Gasteiger partial charge is 0.234 e. The van der Waals surface area contributed by atoms with Crippen molar-refractivity contribution in [3.8, 4) is 11.5 Å². The molecule has 3 fully saturated rings. The van der Waals surface area contributed by atoms with Crippen LogP contribution in [0.25, 0.3) is 0 Å². The van der Waals surface area contributed by atoms with Gasteiger partial charge >= 0.3 is 0 Å². The number of likely N-dealkylation sites (tertiary alicyclic amines) is 1. The third-order valence-electron chi connectivity index (χ3n) is 6.97. The van der Waals surface area contributed by atoms with E-state index >= 15 is 0 Å². The quantitative estimate of drug-likeness (QED) is 0.665. The molecular formula is C23H33N3O4. The number of ether oxygens (including phenoxy) is 2. The normalized spacial score (nSPS) is 25.5. The summed E-state index contributed by atoms with van der Waals surface area (Å²) in [6.07, 6.45) is 3.90. The second-order valence-corrected chi connectivity index (χ2v) is 8.77. The first kappa shape index (κ1) is 21.1. The molecule has 1 saturated carbocycles. The van der Waals surface area contributed by atoms with Gasteiger partial charge in [0, 0.05) is 32.7 Å². The molecule has 7 heteroatoms. The molecule has 7 nitrogen and oxygen atoms in total. The van der Waals surface area contributed by atoms with Gasteiger partial charge in [-0.25, -0.2) is 0 Å². The molecule has 0 radical (unpaired) electrons. The van der Waals surface area contributed by atoms with Gasteiger partial charge in [0.2, 0.25) is 11.8 Å². The highest BCUT2D eigenvalue weighted by Gasteiger charge is 2.48. The van der Waals surface area contributed by atoms with Crippen molar-refractivity contribution in [3.63, 3.8) is 0 Å².